The first-order valence-corrected chi connectivity index (χ1v) is 8.46. The fourth-order valence-electron chi connectivity index (χ4n) is 2.23. The number of hydrogen-bond acceptors (Lipinski definition) is 5. The number of aromatic nitrogens is 2. The molecule has 0 N–H and O–H groups in total. The molecule has 0 spiro atoms. The summed E-state index contributed by atoms with van der Waals surface area (Å²) in [6, 6.07) is 12.6. The summed E-state index contributed by atoms with van der Waals surface area (Å²) < 4.78 is 16.1. The second-order valence-corrected chi connectivity index (χ2v) is 6.11. The van der Waals surface area contributed by atoms with E-state index in [1.54, 1.807) is 25.3 Å². The van der Waals surface area contributed by atoms with Gasteiger partial charge < -0.3 is 14.0 Å². The van der Waals surface area contributed by atoms with Crippen LogP contribution in [-0.4, -0.2) is 23.9 Å². The summed E-state index contributed by atoms with van der Waals surface area (Å²) >= 11 is 11.9. The maximum absolute atomic E-state index is 6.06. The molecule has 3 rings (SSSR count). The Labute approximate surface area is 155 Å². The summed E-state index contributed by atoms with van der Waals surface area (Å²) in [5, 5.41) is 5.07. The lowest BCUT2D eigenvalue weighted by Crippen LogP contribution is -2.00. The van der Waals surface area contributed by atoms with Gasteiger partial charge in [-0.05, 0) is 36.8 Å². The van der Waals surface area contributed by atoms with E-state index in [0.29, 0.717) is 40.5 Å². The second-order valence-electron chi connectivity index (χ2n) is 5.27. The summed E-state index contributed by atoms with van der Waals surface area (Å²) in [4.78, 5) is 4.40. The number of hydrogen-bond donors (Lipinski definition) is 0. The van der Waals surface area contributed by atoms with Crippen LogP contribution in [0.5, 0.6) is 11.5 Å². The number of benzene rings is 2. The van der Waals surface area contributed by atoms with Crippen molar-refractivity contribution in [3.8, 4) is 22.9 Å². The van der Waals surface area contributed by atoms with Crippen LogP contribution in [0.4, 0.5) is 0 Å². The van der Waals surface area contributed by atoms with E-state index in [4.69, 9.17) is 37.2 Å². The van der Waals surface area contributed by atoms with E-state index in [-0.39, 0.29) is 0 Å². The van der Waals surface area contributed by atoms with Crippen molar-refractivity contribution >= 4 is 23.2 Å². The Hall–Kier alpha value is -2.24. The van der Waals surface area contributed by atoms with Gasteiger partial charge >= 0.3 is 0 Å². The van der Waals surface area contributed by atoms with Crippen molar-refractivity contribution in [2.45, 2.75) is 12.8 Å². The zero-order valence-electron chi connectivity index (χ0n) is 13.5. The maximum Gasteiger partial charge on any atom is 0.227 e. The molecule has 0 amide bonds. The van der Waals surface area contributed by atoms with Gasteiger partial charge in [-0.3, -0.25) is 0 Å². The lowest BCUT2D eigenvalue weighted by atomic mass is 10.2. The molecule has 7 heteroatoms. The van der Waals surface area contributed by atoms with Crippen molar-refractivity contribution in [3.63, 3.8) is 0 Å². The van der Waals surface area contributed by atoms with Crippen molar-refractivity contribution < 1.29 is 14.0 Å². The summed E-state index contributed by atoms with van der Waals surface area (Å²) in [5.41, 5.74) is 0.846. The number of rotatable bonds is 7. The normalized spacial score (nSPS) is 10.7. The van der Waals surface area contributed by atoms with Gasteiger partial charge in [0.25, 0.3) is 0 Å². The fourth-order valence-corrected chi connectivity index (χ4v) is 2.70. The van der Waals surface area contributed by atoms with Crippen molar-refractivity contribution in [2.75, 3.05) is 13.7 Å². The third kappa shape index (κ3) is 4.65. The molecule has 5 nitrogen and oxygen atoms in total. The first-order valence-electron chi connectivity index (χ1n) is 7.70. The van der Waals surface area contributed by atoms with E-state index in [1.165, 1.54) is 0 Å². The van der Waals surface area contributed by atoms with Crippen molar-refractivity contribution in [2.24, 2.45) is 0 Å². The molecule has 0 fully saturated rings. The molecule has 0 aliphatic rings. The van der Waals surface area contributed by atoms with E-state index in [9.17, 15) is 0 Å². The minimum Gasteiger partial charge on any atom is -0.497 e. The Balaban J connectivity index is 1.53. The van der Waals surface area contributed by atoms with Crippen LogP contribution in [0.1, 0.15) is 12.3 Å². The molecule has 3 aromatic rings. The Kier molecular flexibility index (Phi) is 5.79. The number of halogens is 2. The van der Waals surface area contributed by atoms with Gasteiger partial charge in [0.1, 0.15) is 11.5 Å². The van der Waals surface area contributed by atoms with Crippen molar-refractivity contribution in [3.05, 3.63) is 58.4 Å². The Morgan fingerprint density at radius 1 is 1.12 bits per heavy atom. The van der Waals surface area contributed by atoms with E-state index in [1.807, 2.05) is 24.3 Å². The Morgan fingerprint density at radius 3 is 2.80 bits per heavy atom. The summed E-state index contributed by atoms with van der Waals surface area (Å²) in [5.74, 6) is 2.45. The Bertz CT molecular complexity index is 852. The maximum atomic E-state index is 6.06. The monoisotopic (exact) mass is 378 g/mol. The summed E-state index contributed by atoms with van der Waals surface area (Å²) in [6.45, 7) is 0.484. The molecule has 0 atom stereocenters. The van der Waals surface area contributed by atoms with E-state index in [0.717, 1.165) is 17.7 Å². The van der Waals surface area contributed by atoms with Gasteiger partial charge in [-0.15, -0.1) is 0 Å². The smallest absolute Gasteiger partial charge is 0.227 e. The number of aryl methyl sites for hydroxylation is 1. The highest BCUT2D eigenvalue weighted by molar-refractivity contribution is 6.35. The molecular formula is C18H16Cl2N2O3. The highest BCUT2D eigenvalue weighted by Gasteiger charge is 2.10. The molecule has 1 aromatic heterocycles. The first-order chi connectivity index (χ1) is 12.2. The fraction of sp³-hybridized carbons (Fsp3) is 0.222. The zero-order valence-corrected chi connectivity index (χ0v) is 15.0. The van der Waals surface area contributed by atoms with Gasteiger partial charge in [0.15, 0.2) is 0 Å². The molecule has 1 heterocycles. The predicted molar refractivity (Wildman–Crippen MR) is 96.6 cm³/mol. The van der Waals surface area contributed by atoms with Crippen LogP contribution in [0.15, 0.2) is 47.0 Å². The molecule has 0 bridgehead atoms. The minimum absolute atomic E-state index is 0.484. The summed E-state index contributed by atoms with van der Waals surface area (Å²) in [7, 11) is 1.62. The standard InChI is InChI=1S/C18H16Cl2N2O3/c1-23-14-5-2-4-12(10-14)18-21-17(25-22-18)6-3-9-24-16-8-7-13(19)11-15(16)20/h2,4-5,7-8,10-11H,3,6,9H2,1H3. The topological polar surface area (TPSA) is 57.4 Å². The van der Waals surface area contributed by atoms with E-state index < -0.39 is 0 Å². The third-order valence-electron chi connectivity index (χ3n) is 3.48. The molecule has 130 valence electrons. The average molecular weight is 379 g/mol. The van der Waals surface area contributed by atoms with Gasteiger partial charge in [-0.1, -0.05) is 40.5 Å². The minimum atomic E-state index is 0.484. The van der Waals surface area contributed by atoms with Gasteiger partial charge in [-0.2, -0.15) is 4.98 Å². The zero-order chi connectivity index (χ0) is 17.6. The van der Waals surface area contributed by atoms with Gasteiger partial charge in [-0.25, -0.2) is 0 Å². The van der Waals surface area contributed by atoms with Crippen LogP contribution in [0, 0.1) is 0 Å². The highest BCUT2D eigenvalue weighted by atomic mass is 35.5. The number of methoxy groups -OCH3 is 1. The van der Waals surface area contributed by atoms with E-state index >= 15 is 0 Å². The summed E-state index contributed by atoms with van der Waals surface area (Å²) in [6.07, 6.45) is 1.33. The molecule has 0 unspecified atom stereocenters. The van der Waals surface area contributed by atoms with Gasteiger partial charge in [0.2, 0.25) is 11.7 Å². The van der Waals surface area contributed by atoms with Crippen LogP contribution in [0.2, 0.25) is 10.0 Å². The lowest BCUT2D eigenvalue weighted by molar-refractivity contribution is 0.298. The van der Waals surface area contributed by atoms with Crippen LogP contribution in [-0.2, 0) is 6.42 Å². The molecule has 0 aliphatic heterocycles. The second kappa shape index (κ2) is 8.23. The van der Waals surface area contributed by atoms with Crippen LogP contribution in [0.25, 0.3) is 11.4 Å². The van der Waals surface area contributed by atoms with Crippen molar-refractivity contribution in [1.29, 1.82) is 0 Å². The third-order valence-corrected chi connectivity index (χ3v) is 4.01. The lowest BCUT2D eigenvalue weighted by Gasteiger charge is -2.07. The molecule has 0 radical (unpaired) electrons. The molecule has 2 aromatic carbocycles. The van der Waals surface area contributed by atoms with Crippen LogP contribution < -0.4 is 9.47 Å². The molecule has 0 saturated carbocycles. The SMILES string of the molecule is COc1cccc(-c2noc(CCCOc3ccc(Cl)cc3Cl)n2)c1. The van der Waals surface area contributed by atoms with Gasteiger partial charge in [0.05, 0.1) is 18.7 Å². The van der Waals surface area contributed by atoms with Gasteiger partial charge in [0, 0.05) is 17.0 Å². The average Bonchev–Trinajstić information content (AvgIpc) is 3.09. The van der Waals surface area contributed by atoms with Crippen molar-refractivity contribution in [1.82, 2.24) is 10.1 Å². The van der Waals surface area contributed by atoms with Crippen LogP contribution >= 0.6 is 23.2 Å². The largest absolute Gasteiger partial charge is 0.497 e. The number of ether oxygens (including phenoxy) is 2. The Morgan fingerprint density at radius 2 is 2.00 bits per heavy atom. The number of nitrogens with zero attached hydrogens (tertiary/aromatic N) is 2. The molecule has 25 heavy (non-hydrogen) atoms. The van der Waals surface area contributed by atoms with Crippen LogP contribution in [0.3, 0.4) is 0 Å². The quantitative estimate of drug-likeness (QED) is 0.537. The molecular weight excluding hydrogens is 363 g/mol. The highest BCUT2D eigenvalue weighted by Crippen LogP contribution is 2.27. The predicted octanol–water partition coefficient (Wildman–Crippen LogP) is 5.06. The first kappa shape index (κ1) is 17.6. The molecule has 0 saturated heterocycles. The van der Waals surface area contributed by atoms with E-state index in [2.05, 4.69) is 10.1 Å². The molecule has 0 aliphatic carbocycles.